The molecular formula is C20H18FN3O2S. The van der Waals surface area contributed by atoms with E-state index in [1.807, 2.05) is 28.5 Å². The molecule has 0 saturated carbocycles. The van der Waals surface area contributed by atoms with Crippen molar-refractivity contribution in [1.29, 1.82) is 0 Å². The van der Waals surface area contributed by atoms with E-state index >= 15 is 0 Å². The van der Waals surface area contributed by atoms with Crippen LogP contribution in [0.4, 0.5) is 4.39 Å². The van der Waals surface area contributed by atoms with E-state index in [9.17, 15) is 9.18 Å². The molecule has 0 bridgehead atoms. The standard InChI is InChI=1S/C20H18FN3O2S/c21-16-5-3-14(4-6-16)19-22-23-20(26-19)15-9-11-24(12-10-15)18(25)8-7-17-2-1-13-27-17/h1-8,13,15H,9-12H2. The highest BCUT2D eigenvalue weighted by molar-refractivity contribution is 7.10. The first-order valence-corrected chi connectivity index (χ1v) is 9.67. The fraction of sp³-hybridized carbons (Fsp3) is 0.250. The minimum absolute atomic E-state index is 0.0272. The first kappa shape index (κ1) is 17.6. The summed E-state index contributed by atoms with van der Waals surface area (Å²) in [5.74, 6) is 0.831. The van der Waals surface area contributed by atoms with Gasteiger partial charge in [-0.2, -0.15) is 0 Å². The number of carbonyl (C=O) groups is 1. The van der Waals surface area contributed by atoms with Gasteiger partial charge < -0.3 is 9.32 Å². The van der Waals surface area contributed by atoms with Crippen molar-refractivity contribution in [2.75, 3.05) is 13.1 Å². The Balaban J connectivity index is 1.35. The molecular weight excluding hydrogens is 365 g/mol. The topological polar surface area (TPSA) is 59.2 Å². The Kier molecular flexibility index (Phi) is 5.11. The molecule has 3 aromatic rings. The van der Waals surface area contributed by atoms with Gasteiger partial charge in [0.05, 0.1) is 0 Å². The molecule has 138 valence electrons. The number of rotatable bonds is 4. The molecule has 0 unspecified atom stereocenters. The molecule has 3 heterocycles. The van der Waals surface area contributed by atoms with Gasteiger partial charge in [-0.05, 0) is 54.6 Å². The Morgan fingerprint density at radius 2 is 1.96 bits per heavy atom. The smallest absolute Gasteiger partial charge is 0.247 e. The van der Waals surface area contributed by atoms with Crippen molar-refractivity contribution >= 4 is 23.3 Å². The van der Waals surface area contributed by atoms with Crippen molar-refractivity contribution < 1.29 is 13.6 Å². The number of hydrogen-bond acceptors (Lipinski definition) is 5. The van der Waals surface area contributed by atoms with Gasteiger partial charge in [0.25, 0.3) is 0 Å². The second-order valence-corrected chi connectivity index (χ2v) is 7.38. The number of halogens is 1. The van der Waals surface area contributed by atoms with Crippen LogP contribution < -0.4 is 0 Å². The largest absolute Gasteiger partial charge is 0.420 e. The number of nitrogens with zero attached hydrogens (tertiary/aromatic N) is 3. The van der Waals surface area contributed by atoms with Gasteiger partial charge in [0, 0.05) is 35.5 Å². The first-order valence-electron chi connectivity index (χ1n) is 8.79. The lowest BCUT2D eigenvalue weighted by Crippen LogP contribution is -2.36. The molecule has 1 aromatic carbocycles. The molecule has 7 heteroatoms. The third-order valence-electron chi connectivity index (χ3n) is 4.62. The molecule has 27 heavy (non-hydrogen) atoms. The third-order valence-corrected chi connectivity index (χ3v) is 5.46. The lowest BCUT2D eigenvalue weighted by molar-refractivity contribution is -0.127. The van der Waals surface area contributed by atoms with E-state index in [4.69, 9.17) is 4.42 Å². The number of likely N-dealkylation sites (tertiary alicyclic amines) is 1. The third kappa shape index (κ3) is 4.14. The van der Waals surface area contributed by atoms with Gasteiger partial charge in [0.1, 0.15) is 5.82 Å². The van der Waals surface area contributed by atoms with E-state index in [0.717, 1.165) is 17.7 Å². The monoisotopic (exact) mass is 383 g/mol. The fourth-order valence-electron chi connectivity index (χ4n) is 3.10. The summed E-state index contributed by atoms with van der Waals surface area (Å²) in [6, 6.07) is 9.92. The molecule has 0 aliphatic carbocycles. The van der Waals surface area contributed by atoms with E-state index in [1.165, 1.54) is 12.1 Å². The minimum atomic E-state index is -0.302. The highest BCUT2D eigenvalue weighted by Gasteiger charge is 2.26. The van der Waals surface area contributed by atoms with Crippen LogP contribution in [0.3, 0.4) is 0 Å². The Bertz CT molecular complexity index is 927. The van der Waals surface area contributed by atoms with Crippen LogP contribution in [0, 0.1) is 5.82 Å². The van der Waals surface area contributed by atoms with E-state index in [0.29, 0.717) is 30.4 Å². The lowest BCUT2D eigenvalue weighted by Gasteiger charge is -2.29. The molecule has 0 radical (unpaired) electrons. The van der Waals surface area contributed by atoms with Crippen molar-refractivity contribution in [3.8, 4) is 11.5 Å². The SMILES string of the molecule is O=C(C=Cc1cccs1)N1CCC(c2nnc(-c3ccc(F)cc3)o2)CC1. The van der Waals surface area contributed by atoms with Crippen LogP contribution in [0.25, 0.3) is 17.5 Å². The zero-order valence-corrected chi connectivity index (χ0v) is 15.4. The Morgan fingerprint density at radius 3 is 2.67 bits per heavy atom. The van der Waals surface area contributed by atoms with E-state index < -0.39 is 0 Å². The minimum Gasteiger partial charge on any atom is -0.420 e. The van der Waals surface area contributed by atoms with Gasteiger partial charge in [-0.1, -0.05) is 6.07 Å². The molecule has 0 atom stereocenters. The molecule has 1 aliphatic heterocycles. The lowest BCUT2D eigenvalue weighted by atomic mass is 9.97. The van der Waals surface area contributed by atoms with Crippen molar-refractivity contribution in [3.05, 3.63) is 64.4 Å². The van der Waals surface area contributed by atoms with Gasteiger partial charge in [-0.25, -0.2) is 4.39 Å². The average molecular weight is 383 g/mol. The van der Waals surface area contributed by atoms with Gasteiger partial charge in [-0.15, -0.1) is 21.5 Å². The summed E-state index contributed by atoms with van der Waals surface area (Å²) in [5, 5.41) is 10.2. The average Bonchev–Trinajstić information content (AvgIpc) is 3.39. The van der Waals surface area contributed by atoms with Gasteiger partial charge >= 0.3 is 0 Å². The number of amides is 1. The first-order chi connectivity index (χ1) is 13.2. The van der Waals surface area contributed by atoms with Gasteiger partial charge in [0.2, 0.25) is 17.7 Å². The zero-order valence-electron chi connectivity index (χ0n) is 14.5. The summed E-state index contributed by atoms with van der Waals surface area (Å²) < 4.78 is 18.8. The molecule has 2 aromatic heterocycles. The van der Waals surface area contributed by atoms with E-state index in [2.05, 4.69) is 10.2 Å². The zero-order chi connectivity index (χ0) is 18.6. The number of hydrogen-bond donors (Lipinski definition) is 0. The molecule has 1 amide bonds. The molecule has 0 N–H and O–H groups in total. The summed E-state index contributed by atoms with van der Waals surface area (Å²) >= 11 is 1.60. The maximum absolute atomic E-state index is 13.0. The Morgan fingerprint density at radius 1 is 1.19 bits per heavy atom. The molecule has 1 saturated heterocycles. The quantitative estimate of drug-likeness (QED) is 0.628. The van der Waals surface area contributed by atoms with Crippen molar-refractivity contribution in [2.45, 2.75) is 18.8 Å². The summed E-state index contributed by atoms with van der Waals surface area (Å²) in [6.45, 7) is 1.32. The molecule has 1 aliphatic rings. The van der Waals surface area contributed by atoms with Crippen LogP contribution in [0.1, 0.15) is 29.5 Å². The second-order valence-electron chi connectivity index (χ2n) is 6.40. The van der Waals surface area contributed by atoms with Crippen LogP contribution in [-0.4, -0.2) is 34.1 Å². The predicted molar refractivity (Wildman–Crippen MR) is 102 cm³/mol. The number of thiophene rings is 1. The van der Waals surface area contributed by atoms with Crippen LogP contribution in [0.15, 0.2) is 52.3 Å². The Hall–Kier alpha value is -2.80. The molecule has 5 nitrogen and oxygen atoms in total. The van der Waals surface area contributed by atoms with Gasteiger partial charge in [-0.3, -0.25) is 4.79 Å². The number of carbonyl (C=O) groups excluding carboxylic acids is 1. The van der Waals surface area contributed by atoms with E-state index in [1.54, 1.807) is 29.5 Å². The summed E-state index contributed by atoms with van der Waals surface area (Å²) in [5.41, 5.74) is 0.696. The number of aromatic nitrogens is 2. The van der Waals surface area contributed by atoms with Crippen LogP contribution in [-0.2, 0) is 4.79 Å². The highest BCUT2D eigenvalue weighted by Crippen LogP contribution is 2.29. The van der Waals surface area contributed by atoms with Crippen molar-refractivity contribution in [3.63, 3.8) is 0 Å². The van der Waals surface area contributed by atoms with Crippen LogP contribution >= 0.6 is 11.3 Å². The van der Waals surface area contributed by atoms with E-state index in [-0.39, 0.29) is 17.6 Å². The maximum Gasteiger partial charge on any atom is 0.247 e. The molecule has 0 spiro atoms. The maximum atomic E-state index is 13.0. The highest BCUT2D eigenvalue weighted by atomic mass is 32.1. The number of piperidine rings is 1. The second kappa shape index (κ2) is 7.84. The summed E-state index contributed by atoms with van der Waals surface area (Å²) in [6.07, 6.45) is 5.05. The molecule has 1 fully saturated rings. The van der Waals surface area contributed by atoms with Crippen molar-refractivity contribution in [2.24, 2.45) is 0 Å². The Labute approximate surface area is 160 Å². The normalized spacial score (nSPS) is 15.5. The molecule has 4 rings (SSSR count). The summed E-state index contributed by atoms with van der Waals surface area (Å²) in [4.78, 5) is 15.2. The summed E-state index contributed by atoms with van der Waals surface area (Å²) in [7, 11) is 0. The van der Waals surface area contributed by atoms with Crippen molar-refractivity contribution in [1.82, 2.24) is 15.1 Å². The van der Waals surface area contributed by atoms with Gasteiger partial charge in [0.15, 0.2) is 0 Å². The van der Waals surface area contributed by atoms with Crippen LogP contribution in [0.2, 0.25) is 0 Å². The van der Waals surface area contributed by atoms with Crippen LogP contribution in [0.5, 0.6) is 0 Å². The number of benzene rings is 1. The predicted octanol–water partition coefficient (Wildman–Crippen LogP) is 4.36. The fourth-order valence-corrected chi connectivity index (χ4v) is 3.72.